The second kappa shape index (κ2) is 7.06. The van der Waals surface area contributed by atoms with E-state index in [4.69, 9.17) is 0 Å². The molecule has 0 aromatic carbocycles. The van der Waals surface area contributed by atoms with Gasteiger partial charge in [0.2, 0.25) is 0 Å². The molecule has 0 heterocycles. The van der Waals surface area contributed by atoms with E-state index in [2.05, 4.69) is 0 Å². The van der Waals surface area contributed by atoms with E-state index in [1.807, 2.05) is 4.74 Å². The van der Waals surface area contributed by atoms with Crippen LogP contribution in [0.15, 0.2) is 12.1 Å². The molecule has 0 N–H and O–H groups in total. The van der Waals surface area contributed by atoms with Crippen LogP contribution in [0.4, 0.5) is 70.2 Å². The molecule has 27 heavy (non-hydrogen) atoms. The Morgan fingerprint density at radius 2 is 0.852 bits per heavy atom. The lowest BCUT2D eigenvalue weighted by Gasteiger charge is -2.34. The highest BCUT2D eigenvalue weighted by molar-refractivity contribution is 4.89. The van der Waals surface area contributed by atoms with Gasteiger partial charge in [0.25, 0.3) is 0 Å². The molecule has 19 heteroatoms. The summed E-state index contributed by atoms with van der Waals surface area (Å²) in [5.74, 6) is -7.70. The molecule has 0 spiro atoms. The third-order valence-electron chi connectivity index (χ3n) is 1.94. The van der Waals surface area contributed by atoms with Gasteiger partial charge in [0, 0.05) is 0 Å². The van der Waals surface area contributed by atoms with Gasteiger partial charge < -0.3 is 4.74 Å². The fourth-order valence-electron chi connectivity index (χ4n) is 0.874. The normalized spacial score (nSPS) is 15.0. The topological polar surface area (TPSA) is 27.7 Å². The molecule has 0 aliphatic rings. The first-order chi connectivity index (χ1) is 11.5. The van der Waals surface area contributed by atoms with Gasteiger partial charge in [-0.1, -0.05) is 0 Å². The predicted molar refractivity (Wildman–Crippen MR) is 44.4 cm³/mol. The number of hydrogen-bond donors (Lipinski definition) is 0. The monoisotopic (exact) mass is 448 g/mol. The van der Waals surface area contributed by atoms with Crippen molar-refractivity contribution in [2.24, 2.45) is 0 Å². The Morgan fingerprint density at radius 1 is 0.481 bits per heavy atom. The highest BCUT2D eigenvalue weighted by Crippen LogP contribution is 2.52. The van der Waals surface area contributed by atoms with Crippen LogP contribution in [-0.2, 0) is 14.2 Å². The summed E-state index contributed by atoms with van der Waals surface area (Å²) in [5, 5.41) is 0. The molecule has 162 valence electrons. The van der Waals surface area contributed by atoms with Gasteiger partial charge in [0.05, 0.1) is 0 Å². The first-order valence-electron chi connectivity index (χ1n) is 5.25. The molecule has 0 amide bonds. The maximum Gasteiger partial charge on any atom is 0.527 e. The van der Waals surface area contributed by atoms with Crippen LogP contribution in [0, 0.1) is 0 Å². The third kappa shape index (κ3) is 5.66. The van der Waals surface area contributed by atoms with Crippen LogP contribution in [0.1, 0.15) is 0 Å². The Bertz CT molecular complexity index is 559. The third-order valence-corrected chi connectivity index (χ3v) is 1.94. The summed E-state index contributed by atoms with van der Waals surface area (Å²) in [6, 6.07) is -3.84. The van der Waals surface area contributed by atoms with Gasteiger partial charge in [-0.3, -0.25) is 0 Å². The molecule has 0 aliphatic carbocycles. The summed E-state index contributed by atoms with van der Waals surface area (Å²) in [4.78, 5) is 0. The zero-order valence-corrected chi connectivity index (χ0v) is 11.3. The van der Waals surface area contributed by atoms with Gasteiger partial charge in [0.15, 0.2) is 0 Å². The molecular weight excluding hydrogens is 448 g/mol. The summed E-state index contributed by atoms with van der Waals surface area (Å²) in [6.07, 6.45) is -39.8. The molecule has 0 atom stereocenters. The van der Waals surface area contributed by atoms with Crippen molar-refractivity contribution in [3.05, 3.63) is 12.1 Å². The van der Waals surface area contributed by atoms with Gasteiger partial charge in [0.1, 0.15) is 0 Å². The minimum Gasteiger partial charge on any atom is -0.396 e. The van der Waals surface area contributed by atoms with E-state index in [0.717, 1.165) is 0 Å². The maximum absolute atomic E-state index is 12.8. The SMILES string of the molecule is FC(F)=C(F)OC(F)(F)C(F)(F)OC(F)(F)C(F)(F)C(F)(F)OC(F)(F)F. The van der Waals surface area contributed by atoms with E-state index in [-0.39, 0.29) is 0 Å². The molecule has 0 saturated heterocycles. The molecule has 0 aliphatic heterocycles. The Hall–Kier alpha value is -1.66. The molecular formula is C8F16O3. The second-order valence-electron chi connectivity index (χ2n) is 3.93. The van der Waals surface area contributed by atoms with Gasteiger partial charge in [-0.05, 0) is 0 Å². The summed E-state index contributed by atoms with van der Waals surface area (Å²) in [5.41, 5.74) is 0. The van der Waals surface area contributed by atoms with Crippen LogP contribution in [0.3, 0.4) is 0 Å². The molecule has 3 nitrogen and oxygen atoms in total. The molecule has 0 aromatic heterocycles. The predicted octanol–water partition coefficient (Wildman–Crippen LogP) is 5.60. The van der Waals surface area contributed by atoms with Crippen LogP contribution in [0.2, 0.25) is 0 Å². The van der Waals surface area contributed by atoms with Crippen LogP contribution in [0.5, 0.6) is 0 Å². The lowest BCUT2D eigenvalue weighted by Crippen LogP contribution is -2.61. The first kappa shape index (κ1) is 25.3. The standard InChI is InChI=1S/C8F16O3/c9-1(10)2(11)25-6(18,19)7(20,21)26-4(14,15)3(12,13)5(16,17)27-8(22,23)24. The van der Waals surface area contributed by atoms with Crippen LogP contribution in [0.25, 0.3) is 0 Å². The summed E-state index contributed by atoms with van der Waals surface area (Å²) >= 11 is 0. The average Bonchev–Trinajstić information content (AvgIpc) is 2.32. The van der Waals surface area contributed by atoms with Crippen molar-refractivity contribution in [3.8, 4) is 0 Å². The summed E-state index contributed by atoms with van der Waals surface area (Å²) in [6.45, 7) is 0. The largest absolute Gasteiger partial charge is 0.527 e. The van der Waals surface area contributed by atoms with Crippen molar-refractivity contribution >= 4 is 0 Å². The van der Waals surface area contributed by atoms with E-state index >= 15 is 0 Å². The van der Waals surface area contributed by atoms with E-state index < -0.39 is 48.8 Å². The molecule has 0 fully saturated rings. The lowest BCUT2D eigenvalue weighted by atomic mass is 10.3. The van der Waals surface area contributed by atoms with Crippen molar-refractivity contribution in [1.82, 2.24) is 0 Å². The zero-order chi connectivity index (χ0) is 22.3. The number of alkyl halides is 13. The van der Waals surface area contributed by atoms with Crippen molar-refractivity contribution in [2.75, 3.05) is 0 Å². The van der Waals surface area contributed by atoms with Crippen molar-refractivity contribution in [1.29, 1.82) is 0 Å². The molecule has 0 unspecified atom stereocenters. The van der Waals surface area contributed by atoms with Gasteiger partial charge in [-0.2, -0.15) is 57.1 Å². The molecule has 0 aromatic rings. The van der Waals surface area contributed by atoms with Crippen molar-refractivity contribution in [3.63, 3.8) is 0 Å². The molecule has 0 rings (SSSR count). The molecule has 0 saturated carbocycles. The molecule has 0 radical (unpaired) electrons. The Balaban J connectivity index is 5.80. The number of hydrogen-bond acceptors (Lipinski definition) is 3. The number of ether oxygens (including phenoxy) is 3. The van der Waals surface area contributed by atoms with Crippen LogP contribution >= 0.6 is 0 Å². The maximum atomic E-state index is 12.8. The average molecular weight is 448 g/mol. The zero-order valence-electron chi connectivity index (χ0n) is 11.3. The van der Waals surface area contributed by atoms with Crippen molar-refractivity contribution < 1.29 is 84.5 Å². The minimum atomic E-state index is -7.70. The second-order valence-corrected chi connectivity index (χ2v) is 3.93. The van der Waals surface area contributed by atoms with E-state index in [9.17, 15) is 70.2 Å². The fraction of sp³-hybridized carbons (Fsp3) is 0.750. The Morgan fingerprint density at radius 3 is 1.19 bits per heavy atom. The Labute approximate surface area is 135 Å². The number of rotatable bonds is 8. The van der Waals surface area contributed by atoms with Gasteiger partial charge in [-0.15, -0.1) is 13.2 Å². The van der Waals surface area contributed by atoms with E-state index in [1.54, 1.807) is 0 Å². The smallest absolute Gasteiger partial charge is 0.396 e. The minimum absolute atomic E-state index is 1.30. The van der Waals surface area contributed by atoms with Gasteiger partial charge in [-0.25, -0.2) is 9.47 Å². The lowest BCUT2D eigenvalue weighted by molar-refractivity contribution is -0.545. The van der Waals surface area contributed by atoms with Crippen LogP contribution < -0.4 is 0 Å². The highest BCUT2D eigenvalue weighted by atomic mass is 19.4. The summed E-state index contributed by atoms with van der Waals surface area (Å²) < 4.78 is 201. The quantitative estimate of drug-likeness (QED) is 0.358. The number of halogens is 16. The van der Waals surface area contributed by atoms with Gasteiger partial charge >= 0.3 is 48.8 Å². The Kier molecular flexibility index (Phi) is 6.63. The van der Waals surface area contributed by atoms with Crippen molar-refractivity contribution in [2.45, 2.75) is 36.7 Å². The van der Waals surface area contributed by atoms with Crippen LogP contribution in [-0.4, -0.2) is 36.7 Å². The van der Waals surface area contributed by atoms with E-state index in [0.29, 0.717) is 0 Å². The highest BCUT2D eigenvalue weighted by Gasteiger charge is 2.80. The molecule has 0 bridgehead atoms. The first-order valence-corrected chi connectivity index (χ1v) is 5.25. The van der Waals surface area contributed by atoms with E-state index in [1.165, 1.54) is 9.47 Å². The summed E-state index contributed by atoms with van der Waals surface area (Å²) in [7, 11) is 0. The fourth-order valence-corrected chi connectivity index (χ4v) is 0.874.